The molecule has 3 amide bonds. The van der Waals surface area contributed by atoms with Gasteiger partial charge in [-0.25, -0.2) is 4.79 Å². The Morgan fingerprint density at radius 2 is 2.12 bits per heavy atom. The Kier molecular flexibility index (Phi) is 4.30. The number of hydrogen-bond acceptors (Lipinski definition) is 4. The average Bonchev–Trinajstić information content (AvgIpc) is 2.67. The SMILES string of the molecule is COC(=O)NCC(=O)N1CCC(C)C1C(N)=O. The van der Waals surface area contributed by atoms with Gasteiger partial charge in [0.05, 0.1) is 7.11 Å². The van der Waals surface area contributed by atoms with E-state index >= 15 is 0 Å². The zero-order chi connectivity index (χ0) is 13.0. The van der Waals surface area contributed by atoms with Gasteiger partial charge in [-0.15, -0.1) is 0 Å². The number of primary amides is 1. The van der Waals surface area contributed by atoms with Gasteiger partial charge in [-0.05, 0) is 12.3 Å². The third-order valence-electron chi connectivity index (χ3n) is 2.88. The third kappa shape index (κ3) is 3.08. The number of alkyl carbamates (subject to hydrolysis) is 1. The van der Waals surface area contributed by atoms with Crippen LogP contribution in [0.15, 0.2) is 0 Å². The van der Waals surface area contributed by atoms with E-state index in [9.17, 15) is 14.4 Å². The molecule has 1 aliphatic rings. The number of carbonyl (C=O) groups is 3. The smallest absolute Gasteiger partial charge is 0.407 e. The summed E-state index contributed by atoms with van der Waals surface area (Å²) in [6.45, 7) is 2.16. The van der Waals surface area contributed by atoms with Gasteiger partial charge >= 0.3 is 6.09 Å². The van der Waals surface area contributed by atoms with Gasteiger partial charge in [0, 0.05) is 6.54 Å². The quantitative estimate of drug-likeness (QED) is 0.668. The second kappa shape index (κ2) is 5.51. The Morgan fingerprint density at radius 1 is 1.47 bits per heavy atom. The summed E-state index contributed by atoms with van der Waals surface area (Å²) < 4.78 is 4.35. The van der Waals surface area contributed by atoms with Gasteiger partial charge in [-0.3, -0.25) is 9.59 Å². The largest absolute Gasteiger partial charge is 0.453 e. The van der Waals surface area contributed by atoms with Crippen molar-refractivity contribution in [2.24, 2.45) is 11.7 Å². The molecule has 2 unspecified atom stereocenters. The summed E-state index contributed by atoms with van der Waals surface area (Å²) in [5.74, 6) is -0.792. The van der Waals surface area contributed by atoms with Gasteiger partial charge in [0.2, 0.25) is 11.8 Å². The maximum absolute atomic E-state index is 11.8. The predicted octanol–water partition coefficient (Wildman–Crippen LogP) is -0.935. The van der Waals surface area contributed by atoms with Gasteiger partial charge in [0.15, 0.2) is 0 Å². The van der Waals surface area contributed by atoms with Crippen LogP contribution in [0.25, 0.3) is 0 Å². The molecular weight excluding hydrogens is 226 g/mol. The maximum atomic E-state index is 11.8. The number of nitrogens with two attached hydrogens (primary N) is 1. The van der Waals surface area contributed by atoms with Crippen molar-refractivity contribution in [2.45, 2.75) is 19.4 Å². The number of hydrogen-bond donors (Lipinski definition) is 2. The lowest BCUT2D eigenvalue weighted by Gasteiger charge is -2.24. The first kappa shape index (κ1) is 13.3. The molecule has 1 heterocycles. The second-order valence-electron chi connectivity index (χ2n) is 4.05. The van der Waals surface area contributed by atoms with Crippen LogP contribution in [-0.4, -0.2) is 49.0 Å². The van der Waals surface area contributed by atoms with E-state index in [2.05, 4.69) is 10.1 Å². The van der Waals surface area contributed by atoms with Crippen molar-refractivity contribution >= 4 is 17.9 Å². The zero-order valence-electron chi connectivity index (χ0n) is 9.93. The van der Waals surface area contributed by atoms with Gasteiger partial charge in [0.25, 0.3) is 0 Å². The van der Waals surface area contributed by atoms with Crippen LogP contribution in [0.5, 0.6) is 0 Å². The van der Waals surface area contributed by atoms with Crippen LogP contribution in [-0.2, 0) is 14.3 Å². The molecule has 0 aliphatic carbocycles. The molecule has 0 bridgehead atoms. The Bertz CT molecular complexity index is 332. The van der Waals surface area contributed by atoms with Gasteiger partial charge in [0.1, 0.15) is 12.6 Å². The normalized spacial score (nSPS) is 23.3. The van der Waals surface area contributed by atoms with E-state index in [-0.39, 0.29) is 18.4 Å². The minimum atomic E-state index is -0.679. The Hall–Kier alpha value is -1.79. The van der Waals surface area contributed by atoms with E-state index in [1.54, 1.807) is 0 Å². The van der Waals surface area contributed by atoms with Crippen molar-refractivity contribution in [3.63, 3.8) is 0 Å². The summed E-state index contributed by atoms with van der Waals surface area (Å²) >= 11 is 0. The van der Waals surface area contributed by atoms with E-state index in [0.29, 0.717) is 6.54 Å². The molecule has 0 aromatic carbocycles. The Morgan fingerprint density at radius 3 is 2.65 bits per heavy atom. The summed E-state index contributed by atoms with van der Waals surface area (Å²) in [4.78, 5) is 35.2. The number of nitrogens with zero attached hydrogens (tertiary/aromatic N) is 1. The van der Waals surface area contributed by atoms with E-state index in [1.807, 2.05) is 6.92 Å². The van der Waals surface area contributed by atoms with Gasteiger partial charge in [-0.1, -0.05) is 6.92 Å². The van der Waals surface area contributed by atoms with E-state index in [1.165, 1.54) is 12.0 Å². The molecular formula is C10H17N3O4. The molecule has 1 fully saturated rings. The molecule has 2 atom stereocenters. The molecule has 0 saturated carbocycles. The Balaban J connectivity index is 2.57. The summed E-state index contributed by atoms with van der Waals surface area (Å²) in [6, 6.07) is -0.582. The van der Waals surface area contributed by atoms with Crippen LogP contribution in [0.2, 0.25) is 0 Å². The first-order chi connectivity index (χ1) is 7.97. The molecule has 0 radical (unpaired) electrons. The van der Waals surface area contributed by atoms with E-state index in [4.69, 9.17) is 5.73 Å². The third-order valence-corrected chi connectivity index (χ3v) is 2.88. The van der Waals surface area contributed by atoms with Gasteiger partial charge < -0.3 is 20.7 Å². The van der Waals surface area contributed by atoms with Crippen molar-refractivity contribution in [1.29, 1.82) is 0 Å². The molecule has 7 heteroatoms. The van der Waals surface area contributed by atoms with Gasteiger partial charge in [-0.2, -0.15) is 0 Å². The monoisotopic (exact) mass is 243 g/mol. The molecule has 0 aromatic rings. The second-order valence-corrected chi connectivity index (χ2v) is 4.05. The number of carbonyl (C=O) groups excluding carboxylic acids is 3. The summed E-state index contributed by atoms with van der Waals surface area (Å²) in [7, 11) is 1.21. The molecule has 0 aromatic heterocycles. The number of amides is 3. The molecule has 7 nitrogen and oxygen atoms in total. The molecule has 3 N–H and O–H groups in total. The molecule has 1 saturated heterocycles. The topological polar surface area (TPSA) is 102 Å². The summed E-state index contributed by atoms with van der Waals surface area (Å²) in [5.41, 5.74) is 5.25. The molecule has 17 heavy (non-hydrogen) atoms. The van der Waals surface area contributed by atoms with Crippen molar-refractivity contribution in [1.82, 2.24) is 10.2 Å². The highest BCUT2D eigenvalue weighted by atomic mass is 16.5. The maximum Gasteiger partial charge on any atom is 0.407 e. The Labute approximate surface area is 99.3 Å². The number of rotatable bonds is 3. The fourth-order valence-corrected chi connectivity index (χ4v) is 1.98. The van der Waals surface area contributed by atoms with Crippen molar-refractivity contribution in [3.8, 4) is 0 Å². The molecule has 96 valence electrons. The highest BCUT2D eigenvalue weighted by Crippen LogP contribution is 2.23. The highest BCUT2D eigenvalue weighted by molar-refractivity contribution is 5.89. The first-order valence-corrected chi connectivity index (χ1v) is 5.38. The zero-order valence-corrected chi connectivity index (χ0v) is 9.93. The predicted molar refractivity (Wildman–Crippen MR) is 58.9 cm³/mol. The molecule has 0 spiro atoms. The lowest BCUT2D eigenvalue weighted by molar-refractivity contribution is -0.137. The standard InChI is InChI=1S/C10H17N3O4/c1-6-3-4-13(8(6)9(11)15)7(14)5-12-10(16)17-2/h6,8H,3-5H2,1-2H3,(H2,11,15)(H,12,16). The fraction of sp³-hybridized carbons (Fsp3) is 0.700. The number of likely N-dealkylation sites (tertiary alicyclic amines) is 1. The van der Waals surface area contributed by atoms with Crippen LogP contribution in [0.1, 0.15) is 13.3 Å². The number of methoxy groups -OCH3 is 1. The number of ether oxygens (including phenoxy) is 1. The summed E-state index contributed by atoms with van der Waals surface area (Å²) in [6.07, 6.45) is 0.0543. The lowest BCUT2D eigenvalue weighted by atomic mass is 10.0. The van der Waals surface area contributed by atoms with Crippen molar-refractivity contribution in [3.05, 3.63) is 0 Å². The van der Waals surface area contributed by atoms with Crippen molar-refractivity contribution < 1.29 is 19.1 Å². The van der Waals surface area contributed by atoms with E-state index in [0.717, 1.165) is 6.42 Å². The van der Waals surface area contributed by atoms with Crippen LogP contribution in [0.4, 0.5) is 4.79 Å². The van der Waals surface area contributed by atoms with Crippen LogP contribution >= 0.6 is 0 Å². The first-order valence-electron chi connectivity index (χ1n) is 5.38. The van der Waals surface area contributed by atoms with E-state index < -0.39 is 18.0 Å². The summed E-state index contributed by atoms with van der Waals surface area (Å²) in [5, 5.41) is 2.28. The van der Waals surface area contributed by atoms with Crippen LogP contribution in [0, 0.1) is 5.92 Å². The fourth-order valence-electron chi connectivity index (χ4n) is 1.98. The average molecular weight is 243 g/mol. The minimum Gasteiger partial charge on any atom is -0.453 e. The number of nitrogens with one attached hydrogen (secondary N) is 1. The van der Waals surface area contributed by atoms with Crippen LogP contribution < -0.4 is 11.1 Å². The lowest BCUT2D eigenvalue weighted by Crippen LogP contribution is -2.49. The highest BCUT2D eigenvalue weighted by Gasteiger charge is 2.37. The molecule has 1 rings (SSSR count). The molecule has 1 aliphatic heterocycles. The minimum absolute atomic E-state index is 0.0505. The van der Waals surface area contributed by atoms with Crippen LogP contribution in [0.3, 0.4) is 0 Å². The van der Waals surface area contributed by atoms with Crippen molar-refractivity contribution in [2.75, 3.05) is 20.2 Å².